The maximum atomic E-state index is 12.6. The highest BCUT2D eigenvalue weighted by Gasteiger charge is 2.29. The van der Waals surface area contributed by atoms with Crippen molar-refractivity contribution in [2.75, 3.05) is 37.2 Å². The fraction of sp³-hybridized carbons (Fsp3) is 0.562. The van der Waals surface area contributed by atoms with Crippen molar-refractivity contribution >= 4 is 17.3 Å². The maximum Gasteiger partial charge on any atom is 0.241 e. The summed E-state index contributed by atoms with van der Waals surface area (Å²) in [6.45, 7) is 9.84. The highest BCUT2D eigenvalue weighted by atomic mass is 16.2. The van der Waals surface area contributed by atoms with Crippen molar-refractivity contribution in [1.82, 2.24) is 10.2 Å². The van der Waals surface area contributed by atoms with Gasteiger partial charge in [0.1, 0.15) is 0 Å². The second kappa shape index (κ2) is 6.91. The monoisotopic (exact) mass is 290 g/mol. The molecule has 0 bridgehead atoms. The van der Waals surface area contributed by atoms with Crippen molar-refractivity contribution in [3.8, 4) is 0 Å². The summed E-state index contributed by atoms with van der Waals surface area (Å²) < 4.78 is 0. The lowest BCUT2D eigenvalue weighted by molar-refractivity contribution is -0.123. The second-order valence-electron chi connectivity index (χ2n) is 6.04. The van der Waals surface area contributed by atoms with Crippen LogP contribution >= 0.6 is 0 Å². The van der Waals surface area contributed by atoms with Gasteiger partial charge in [-0.15, -0.1) is 0 Å². The number of nitrogen functional groups attached to an aromatic ring is 1. The average molecular weight is 290 g/mol. The van der Waals surface area contributed by atoms with Gasteiger partial charge in [0.25, 0.3) is 0 Å². The summed E-state index contributed by atoms with van der Waals surface area (Å²) in [5.74, 6) is 0.320. The van der Waals surface area contributed by atoms with Crippen molar-refractivity contribution in [1.29, 1.82) is 0 Å². The third kappa shape index (κ3) is 3.95. The number of hydrogen-bond donors (Lipinski definition) is 3. The minimum absolute atomic E-state index is 0.0511. The van der Waals surface area contributed by atoms with Gasteiger partial charge in [0.2, 0.25) is 5.91 Å². The first-order valence-corrected chi connectivity index (χ1v) is 7.61. The molecule has 1 fully saturated rings. The summed E-state index contributed by atoms with van der Waals surface area (Å²) in [6, 6.07) is 5.55. The van der Waals surface area contributed by atoms with Crippen LogP contribution in [0, 0.1) is 12.8 Å². The first kappa shape index (κ1) is 15.8. The Morgan fingerprint density at radius 2 is 2.00 bits per heavy atom. The number of benzene rings is 1. The van der Waals surface area contributed by atoms with Crippen LogP contribution in [0.1, 0.15) is 19.4 Å². The molecule has 0 aliphatic carbocycles. The van der Waals surface area contributed by atoms with E-state index >= 15 is 0 Å². The third-order valence-electron chi connectivity index (χ3n) is 3.99. The van der Waals surface area contributed by atoms with E-state index in [1.54, 1.807) is 0 Å². The molecule has 1 aliphatic heterocycles. The van der Waals surface area contributed by atoms with Gasteiger partial charge in [-0.05, 0) is 30.5 Å². The van der Waals surface area contributed by atoms with Crippen molar-refractivity contribution in [3.05, 3.63) is 23.8 Å². The van der Waals surface area contributed by atoms with E-state index in [1.165, 1.54) is 0 Å². The van der Waals surface area contributed by atoms with E-state index < -0.39 is 0 Å². The van der Waals surface area contributed by atoms with E-state index in [9.17, 15) is 4.79 Å². The lowest BCUT2D eigenvalue weighted by Gasteiger charge is -2.36. The molecule has 1 atom stereocenters. The number of carbonyl (C=O) groups is 1. The van der Waals surface area contributed by atoms with E-state index in [-0.39, 0.29) is 17.9 Å². The minimum atomic E-state index is -0.102. The van der Waals surface area contributed by atoms with Crippen LogP contribution in [0.5, 0.6) is 0 Å². The van der Waals surface area contributed by atoms with E-state index in [0.29, 0.717) is 5.69 Å². The molecule has 21 heavy (non-hydrogen) atoms. The highest BCUT2D eigenvalue weighted by molar-refractivity contribution is 5.95. The van der Waals surface area contributed by atoms with E-state index in [0.717, 1.165) is 37.4 Å². The van der Waals surface area contributed by atoms with E-state index in [2.05, 4.69) is 29.4 Å². The third-order valence-corrected chi connectivity index (χ3v) is 3.99. The number of nitrogens with zero attached hydrogens (tertiary/aromatic N) is 1. The van der Waals surface area contributed by atoms with Crippen LogP contribution in [-0.2, 0) is 4.79 Å². The first-order chi connectivity index (χ1) is 9.99. The molecule has 1 amide bonds. The summed E-state index contributed by atoms with van der Waals surface area (Å²) in [5, 5.41) is 6.33. The van der Waals surface area contributed by atoms with Gasteiger partial charge in [0.15, 0.2) is 0 Å². The Labute approximate surface area is 126 Å². The van der Waals surface area contributed by atoms with Crippen LogP contribution in [-0.4, -0.2) is 43.0 Å². The quantitative estimate of drug-likeness (QED) is 0.734. The molecule has 1 aromatic rings. The summed E-state index contributed by atoms with van der Waals surface area (Å²) >= 11 is 0. The topological polar surface area (TPSA) is 70.4 Å². The van der Waals surface area contributed by atoms with Gasteiger partial charge in [-0.3, -0.25) is 9.69 Å². The van der Waals surface area contributed by atoms with Gasteiger partial charge in [-0.1, -0.05) is 19.9 Å². The van der Waals surface area contributed by atoms with E-state index in [4.69, 9.17) is 5.73 Å². The van der Waals surface area contributed by atoms with Gasteiger partial charge in [-0.2, -0.15) is 0 Å². The summed E-state index contributed by atoms with van der Waals surface area (Å²) in [4.78, 5) is 14.9. The Kier molecular flexibility index (Phi) is 5.20. The maximum absolute atomic E-state index is 12.6. The Hall–Kier alpha value is -1.59. The molecule has 0 radical (unpaired) electrons. The summed E-state index contributed by atoms with van der Waals surface area (Å²) in [7, 11) is 0. The Balaban J connectivity index is 2.09. The number of anilines is 2. The van der Waals surface area contributed by atoms with Crippen molar-refractivity contribution in [2.45, 2.75) is 26.8 Å². The largest absolute Gasteiger partial charge is 0.398 e. The molecule has 1 heterocycles. The zero-order chi connectivity index (χ0) is 15.4. The molecule has 0 spiro atoms. The Bertz CT molecular complexity index is 495. The summed E-state index contributed by atoms with van der Waals surface area (Å²) in [6.07, 6.45) is 0. The van der Waals surface area contributed by atoms with Crippen molar-refractivity contribution in [3.63, 3.8) is 0 Å². The molecular weight excluding hydrogens is 264 g/mol. The number of aryl methyl sites for hydroxylation is 1. The van der Waals surface area contributed by atoms with Gasteiger partial charge in [0, 0.05) is 37.6 Å². The average Bonchev–Trinajstić information content (AvgIpc) is 2.44. The standard InChI is InChI=1S/C16H26N4O/c1-11(2)15(20-8-6-18-7-9-20)16(21)19-13-5-4-12(3)14(17)10-13/h4-5,10-11,15,18H,6-9,17H2,1-3H3,(H,19,21). The molecule has 0 saturated carbocycles. The molecule has 5 heteroatoms. The number of amides is 1. The highest BCUT2D eigenvalue weighted by Crippen LogP contribution is 2.19. The zero-order valence-electron chi connectivity index (χ0n) is 13.1. The molecule has 4 N–H and O–H groups in total. The zero-order valence-corrected chi connectivity index (χ0v) is 13.1. The predicted octanol–water partition coefficient (Wildman–Crippen LogP) is 1.45. The molecule has 1 aliphatic rings. The second-order valence-corrected chi connectivity index (χ2v) is 6.04. The fourth-order valence-electron chi connectivity index (χ4n) is 2.78. The Morgan fingerprint density at radius 1 is 1.33 bits per heavy atom. The first-order valence-electron chi connectivity index (χ1n) is 7.61. The van der Waals surface area contributed by atoms with Crippen LogP contribution in [0.25, 0.3) is 0 Å². The number of piperazine rings is 1. The molecule has 1 saturated heterocycles. The van der Waals surface area contributed by atoms with Crippen LogP contribution in [0.4, 0.5) is 11.4 Å². The van der Waals surface area contributed by atoms with Gasteiger partial charge in [0.05, 0.1) is 6.04 Å². The smallest absolute Gasteiger partial charge is 0.241 e. The number of rotatable bonds is 4. The van der Waals surface area contributed by atoms with Crippen LogP contribution < -0.4 is 16.4 Å². The lowest BCUT2D eigenvalue weighted by atomic mass is 10.0. The lowest BCUT2D eigenvalue weighted by Crippen LogP contribution is -2.54. The predicted molar refractivity (Wildman–Crippen MR) is 87.3 cm³/mol. The SMILES string of the molecule is Cc1ccc(NC(=O)C(C(C)C)N2CCNCC2)cc1N. The van der Waals surface area contributed by atoms with Crippen LogP contribution in [0.2, 0.25) is 0 Å². The molecule has 116 valence electrons. The molecule has 0 aromatic heterocycles. The summed E-state index contributed by atoms with van der Waals surface area (Å²) in [5.41, 5.74) is 8.40. The van der Waals surface area contributed by atoms with Crippen LogP contribution in [0.15, 0.2) is 18.2 Å². The number of carbonyl (C=O) groups excluding carboxylic acids is 1. The minimum Gasteiger partial charge on any atom is -0.398 e. The normalized spacial score (nSPS) is 17.7. The van der Waals surface area contributed by atoms with Gasteiger partial charge >= 0.3 is 0 Å². The van der Waals surface area contributed by atoms with Crippen LogP contribution in [0.3, 0.4) is 0 Å². The van der Waals surface area contributed by atoms with Gasteiger partial charge in [-0.25, -0.2) is 0 Å². The van der Waals surface area contributed by atoms with Crippen molar-refractivity contribution < 1.29 is 4.79 Å². The van der Waals surface area contributed by atoms with E-state index in [1.807, 2.05) is 25.1 Å². The molecule has 1 unspecified atom stereocenters. The Morgan fingerprint density at radius 3 is 2.57 bits per heavy atom. The number of hydrogen-bond acceptors (Lipinski definition) is 4. The number of nitrogens with one attached hydrogen (secondary N) is 2. The number of nitrogens with two attached hydrogens (primary N) is 1. The molecule has 5 nitrogen and oxygen atoms in total. The molecule has 2 rings (SSSR count). The fourth-order valence-corrected chi connectivity index (χ4v) is 2.78. The molecular formula is C16H26N4O. The van der Waals surface area contributed by atoms with Crippen molar-refractivity contribution in [2.24, 2.45) is 5.92 Å². The molecule has 1 aromatic carbocycles. The van der Waals surface area contributed by atoms with Gasteiger partial charge < -0.3 is 16.4 Å².